The monoisotopic (exact) mass is 414 g/mol. The van der Waals surface area contributed by atoms with Gasteiger partial charge >= 0.3 is 0 Å². The highest BCUT2D eigenvalue weighted by atomic mass is 32.2. The van der Waals surface area contributed by atoms with E-state index in [0.29, 0.717) is 5.16 Å². The molecule has 0 aliphatic rings. The van der Waals surface area contributed by atoms with E-state index in [1.165, 1.54) is 17.3 Å². The molecule has 4 aromatic rings. The van der Waals surface area contributed by atoms with Gasteiger partial charge in [-0.25, -0.2) is 0 Å². The van der Waals surface area contributed by atoms with Gasteiger partial charge in [0, 0.05) is 16.9 Å². The van der Waals surface area contributed by atoms with Crippen LogP contribution in [0.15, 0.2) is 84.0 Å². The van der Waals surface area contributed by atoms with Gasteiger partial charge in [-0.1, -0.05) is 77.5 Å². The molecule has 0 spiro atoms. The number of nitrogens with zero attached hydrogens (tertiary/aromatic N) is 3. The predicted molar refractivity (Wildman–Crippen MR) is 122 cm³/mol. The van der Waals surface area contributed by atoms with Crippen molar-refractivity contribution in [3.05, 3.63) is 90.0 Å². The van der Waals surface area contributed by atoms with E-state index in [1.807, 2.05) is 78.2 Å². The summed E-state index contributed by atoms with van der Waals surface area (Å²) in [5.74, 6) is 0.914. The maximum atomic E-state index is 12.5. The van der Waals surface area contributed by atoms with E-state index >= 15 is 0 Å². The van der Waals surface area contributed by atoms with Crippen LogP contribution in [0.25, 0.3) is 17.1 Å². The van der Waals surface area contributed by atoms with Crippen molar-refractivity contribution in [2.24, 2.45) is 0 Å². The normalized spacial score (nSPS) is 10.7. The number of hydrogen-bond donors (Lipinski definition) is 1. The van der Waals surface area contributed by atoms with Gasteiger partial charge in [0.1, 0.15) is 0 Å². The summed E-state index contributed by atoms with van der Waals surface area (Å²) in [6, 6.07) is 25.9. The van der Waals surface area contributed by atoms with Gasteiger partial charge in [0.25, 0.3) is 0 Å². The molecule has 0 saturated carbocycles. The van der Waals surface area contributed by atoms with Gasteiger partial charge < -0.3 is 5.32 Å². The lowest BCUT2D eigenvalue weighted by molar-refractivity contribution is -0.113. The molecular weight excluding hydrogens is 392 g/mol. The summed E-state index contributed by atoms with van der Waals surface area (Å²) in [5, 5.41) is 12.4. The third kappa shape index (κ3) is 4.60. The van der Waals surface area contributed by atoms with Crippen LogP contribution in [0.2, 0.25) is 0 Å². The number of thioether (sulfide) groups is 1. The topological polar surface area (TPSA) is 59.8 Å². The Morgan fingerprint density at radius 1 is 0.867 bits per heavy atom. The van der Waals surface area contributed by atoms with Crippen molar-refractivity contribution in [2.45, 2.75) is 19.0 Å². The molecule has 1 aromatic heterocycles. The highest BCUT2D eigenvalue weighted by Gasteiger charge is 2.17. The van der Waals surface area contributed by atoms with E-state index in [0.717, 1.165) is 28.3 Å². The van der Waals surface area contributed by atoms with Crippen molar-refractivity contribution < 1.29 is 4.79 Å². The van der Waals surface area contributed by atoms with Crippen LogP contribution < -0.4 is 5.32 Å². The molecule has 0 unspecified atom stereocenters. The maximum absolute atomic E-state index is 12.5. The lowest BCUT2D eigenvalue weighted by atomic mass is 10.2. The Hall–Kier alpha value is -3.38. The number of anilines is 1. The molecule has 30 heavy (non-hydrogen) atoms. The van der Waals surface area contributed by atoms with Gasteiger partial charge in [0.05, 0.1) is 5.75 Å². The number of nitrogens with one attached hydrogen (secondary N) is 1. The second-order valence-electron chi connectivity index (χ2n) is 7.05. The van der Waals surface area contributed by atoms with Crippen LogP contribution in [0.4, 0.5) is 5.69 Å². The van der Waals surface area contributed by atoms with Crippen molar-refractivity contribution in [2.75, 3.05) is 11.1 Å². The van der Waals surface area contributed by atoms with E-state index < -0.39 is 0 Å². The zero-order chi connectivity index (χ0) is 20.9. The van der Waals surface area contributed by atoms with Crippen LogP contribution in [0.3, 0.4) is 0 Å². The Morgan fingerprint density at radius 2 is 1.50 bits per heavy atom. The number of amides is 1. The molecule has 1 amide bonds. The van der Waals surface area contributed by atoms with Crippen molar-refractivity contribution in [1.82, 2.24) is 14.8 Å². The summed E-state index contributed by atoms with van der Waals surface area (Å²) in [4.78, 5) is 12.5. The molecular formula is C24H22N4OS. The Morgan fingerprint density at radius 3 is 2.17 bits per heavy atom. The van der Waals surface area contributed by atoms with Gasteiger partial charge in [-0.2, -0.15) is 0 Å². The molecule has 3 aromatic carbocycles. The summed E-state index contributed by atoms with van der Waals surface area (Å²) >= 11 is 1.37. The van der Waals surface area contributed by atoms with Crippen molar-refractivity contribution in [3.8, 4) is 17.1 Å². The smallest absolute Gasteiger partial charge is 0.234 e. The predicted octanol–water partition coefficient (Wildman–Crippen LogP) is 5.28. The van der Waals surface area contributed by atoms with Gasteiger partial charge in [-0.05, 0) is 38.1 Å². The van der Waals surface area contributed by atoms with Gasteiger partial charge in [-0.15, -0.1) is 10.2 Å². The Labute approximate surface area is 180 Å². The molecule has 5 nitrogen and oxygen atoms in total. The van der Waals surface area contributed by atoms with Gasteiger partial charge in [-0.3, -0.25) is 9.36 Å². The van der Waals surface area contributed by atoms with Crippen molar-refractivity contribution in [1.29, 1.82) is 0 Å². The second kappa shape index (κ2) is 8.97. The SMILES string of the molecule is Cc1ccc(NC(=O)CSc2nnc(-c3ccccc3)n2-c2ccc(C)cc2)cc1. The number of carbonyl (C=O) groups excluding carboxylic acids is 1. The first kappa shape index (κ1) is 19.9. The fraction of sp³-hybridized carbons (Fsp3) is 0.125. The number of rotatable bonds is 6. The maximum Gasteiger partial charge on any atom is 0.234 e. The standard InChI is InChI=1S/C24H22N4OS/c1-17-8-12-20(13-9-17)25-22(29)16-30-24-27-26-23(19-6-4-3-5-7-19)28(24)21-14-10-18(2)11-15-21/h3-15H,16H2,1-2H3,(H,25,29). The minimum absolute atomic E-state index is 0.0800. The zero-order valence-corrected chi connectivity index (χ0v) is 17.7. The molecule has 0 aliphatic carbocycles. The number of aromatic nitrogens is 3. The van der Waals surface area contributed by atoms with E-state index in [4.69, 9.17) is 0 Å². The van der Waals surface area contributed by atoms with Crippen LogP contribution in [0.1, 0.15) is 11.1 Å². The van der Waals surface area contributed by atoms with E-state index in [-0.39, 0.29) is 11.7 Å². The minimum Gasteiger partial charge on any atom is -0.325 e. The molecule has 1 heterocycles. The summed E-state index contributed by atoms with van der Waals surface area (Å²) in [6.45, 7) is 4.07. The number of carbonyl (C=O) groups is 1. The largest absolute Gasteiger partial charge is 0.325 e. The number of aryl methyl sites for hydroxylation is 2. The molecule has 1 N–H and O–H groups in total. The fourth-order valence-corrected chi connectivity index (χ4v) is 3.78. The first-order valence-electron chi connectivity index (χ1n) is 9.67. The van der Waals surface area contributed by atoms with Crippen LogP contribution in [0.5, 0.6) is 0 Å². The number of hydrogen-bond acceptors (Lipinski definition) is 4. The molecule has 0 bridgehead atoms. The molecule has 0 fully saturated rings. The quantitative estimate of drug-likeness (QED) is 0.436. The number of benzene rings is 3. The van der Waals surface area contributed by atoms with Crippen LogP contribution in [-0.4, -0.2) is 26.4 Å². The minimum atomic E-state index is -0.0800. The average Bonchev–Trinajstić information content (AvgIpc) is 3.19. The van der Waals surface area contributed by atoms with Crippen LogP contribution in [-0.2, 0) is 4.79 Å². The molecule has 150 valence electrons. The summed E-state index contributed by atoms with van der Waals surface area (Å²) in [6.07, 6.45) is 0. The van der Waals surface area contributed by atoms with Crippen molar-refractivity contribution >= 4 is 23.4 Å². The first-order chi connectivity index (χ1) is 14.6. The second-order valence-corrected chi connectivity index (χ2v) is 7.99. The first-order valence-corrected chi connectivity index (χ1v) is 10.7. The highest BCUT2D eigenvalue weighted by molar-refractivity contribution is 7.99. The molecule has 0 atom stereocenters. The Balaban J connectivity index is 1.58. The fourth-order valence-electron chi connectivity index (χ4n) is 3.03. The summed E-state index contributed by atoms with van der Waals surface area (Å²) in [7, 11) is 0. The molecule has 6 heteroatoms. The summed E-state index contributed by atoms with van der Waals surface area (Å²) in [5.41, 5.74) is 5.06. The molecule has 0 saturated heterocycles. The lowest BCUT2D eigenvalue weighted by Gasteiger charge is -2.11. The molecule has 4 rings (SSSR count). The average molecular weight is 415 g/mol. The van der Waals surface area contributed by atoms with E-state index in [9.17, 15) is 4.79 Å². The highest BCUT2D eigenvalue weighted by Crippen LogP contribution is 2.28. The van der Waals surface area contributed by atoms with Gasteiger partial charge in [0.15, 0.2) is 11.0 Å². The molecule has 0 aliphatic heterocycles. The summed E-state index contributed by atoms with van der Waals surface area (Å²) < 4.78 is 2.00. The third-order valence-corrected chi connectivity index (χ3v) is 5.55. The van der Waals surface area contributed by atoms with Crippen LogP contribution in [0, 0.1) is 13.8 Å². The van der Waals surface area contributed by atoms with E-state index in [1.54, 1.807) is 0 Å². The lowest BCUT2D eigenvalue weighted by Crippen LogP contribution is -2.14. The van der Waals surface area contributed by atoms with Crippen LogP contribution >= 0.6 is 11.8 Å². The zero-order valence-electron chi connectivity index (χ0n) is 16.9. The van der Waals surface area contributed by atoms with E-state index in [2.05, 4.69) is 34.6 Å². The Kier molecular flexibility index (Phi) is 5.95. The Bertz CT molecular complexity index is 1140. The molecule has 0 radical (unpaired) electrons. The van der Waals surface area contributed by atoms with Crippen molar-refractivity contribution in [3.63, 3.8) is 0 Å². The third-order valence-electron chi connectivity index (χ3n) is 4.63. The van der Waals surface area contributed by atoms with Gasteiger partial charge in [0.2, 0.25) is 5.91 Å².